The quantitative estimate of drug-likeness (QED) is 0.0784. The molecule has 0 N–H and O–H groups in total. The van der Waals surface area contributed by atoms with Gasteiger partial charge in [-0.05, 0) is 146 Å². The van der Waals surface area contributed by atoms with E-state index < -0.39 is 17.9 Å². The molecule has 6 aromatic carbocycles. The second-order valence-corrected chi connectivity index (χ2v) is 11.9. The van der Waals surface area contributed by atoms with Gasteiger partial charge in [-0.1, -0.05) is 11.8 Å². The highest BCUT2D eigenvalue weighted by Gasteiger charge is 2.16. The van der Waals surface area contributed by atoms with Gasteiger partial charge in [-0.25, -0.2) is 14.4 Å². The Morgan fingerprint density at radius 1 is 0.400 bits per heavy atom. The smallest absolute Gasteiger partial charge is 0.343 e. The molecule has 6 rings (SSSR count). The Balaban J connectivity index is 0.985. The number of methoxy groups -OCH3 is 2. The average Bonchev–Trinajstić information content (AvgIpc) is 3.23. The van der Waals surface area contributed by atoms with Gasteiger partial charge >= 0.3 is 17.9 Å². The maximum Gasteiger partial charge on any atom is 0.343 e. The predicted molar refractivity (Wildman–Crippen MR) is 205 cm³/mol. The fourth-order valence-corrected chi connectivity index (χ4v) is 5.11. The van der Waals surface area contributed by atoms with E-state index in [4.69, 9.17) is 23.7 Å². The molecular formula is C45H33NO9. The highest BCUT2D eigenvalue weighted by molar-refractivity contribution is 6.06. The molecule has 10 heteroatoms. The van der Waals surface area contributed by atoms with E-state index in [0.717, 1.165) is 5.56 Å². The fraction of sp³-hybridized carbons (Fsp3) is 0.0667. The number of nitrogens with zero attached hydrogens (tertiary/aromatic N) is 1. The zero-order valence-electron chi connectivity index (χ0n) is 30.0. The van der Waals surface area contributed by atoms with E-state index in [9.17, 15) is 19.2 Å². The first-order valence-electron chi connectivity index (χ1n) is 16.8. The van der Waals surface area contributed by atoms with Crippen molar-refractivity contribution in [2.45, 2.75) is 0 Å². The number of ether oxygens (including phenoxy) is 5. The fourth-order valence-electron chi connectivity index (χ4n) is 5.11. The van der Waals surface area contributed by atoms with Crippen LogP contribution in [-0.4, -0.2) is 45.1 Å². The van der Waals surface area contributed by atoms with Crippen molar-refractivity contribution in [3.63, 3.8) is 0 Å². The summed E-state index contributed by atoms with van der Waals surface area (Å²) in [5.74, 6) is 6.51. The summed E-state index contributed by atoms with van der Waals surface area (Å²) in [6.07, 6.45) is 0. The molecule has 1 amide bonds. The summed E-state index contributed by atoms with van der Waals surface area (Å²) in [4.78, 5) is 52.3. The lowest BCUT2D eigenvalue weighted by Gasteiger charge is -2.17. The monoisotopic (exact) mass is 731 g/mol. The molecule has 0 unspecified atom stereocenters. The zero-order valence-corrected chi connectivity index (χ0v) is 30.0. The van der Waals surface area contributed by atoms with Crippen LogP contribution in [0.4, 0.5) is 5.69 Å². The van der Waals surface area contributed by atoms with E-state index in [-0.39, 0.29) is 17.2 Å². The minimum atomic E-state index is -0.571. The molecule has 0 aliphatic heterocycles. The minimum Gasteiger partial charge on any atom is -0.497 e. The van der Waals surface area contributed by atoms with E-state index in [1.165, 1.54) is 29.2 Å². The SMILES string of the molecule is COc1ccc(C(=O)Oc2ccc(C(=O)Oc3ccc(C#Cc4ccc(N(C)C(=O)c5ccc(OC(=O)c6ccc(OC)cc6)cc5)cc4)cc3)cc2)cc1. The number of hydrogen-bond acceptors (Lipinski definition) is 9. The van der Waals surface area contributed by atoms with Gasteiger partial charge in [0.15, 0.2) is 0 Å². The van der Waals surface area contributed by atoms with Gasteiger partial charge in [-0.15, -0.1) is 0 Å². The van der Waals surface area contributed by atoms with E-state index >= 15 is 0 Å². The largest absolute Gasteiger partial charge is 0.497 e. The molecule has 0 saturated carbocycles. The molecule has 0 aromatic heterocycles. The number of esters is 3. The van der Waals surface area contributed by atoms with Crippen LogP contribution >= 0.6 is 0 Å². The van der Waals surface area contributed by atoms with Crippen molar-refractivity contribution in [2.24, 2.45) is 0 Å². The van der Waals surface area contributed by atoms with Crippen LogP contribution in [0.2, 0.25) is 0 Å². The Labute approximate surface area is 317 Å². The molecule has 0 aliphatic carbocycles. The molecule has 0 bridgehead atoms. The standard InChI is InChI=1S/C45H33NO9/c1-46(42(47)32-10-26-40(27-11-32)54-43(48)33-12-22-37(51-2)23-13-33)36-18-6-30(7-19-36)4-5-31-8-20-39(21-9-31)53-45(50)35-16-28-41(29-17-35)55-44(49)34-14-24-38(52-3)25-15-34/h6-29H,1-3H3. The summed E-state index contributed by atoms with van der Waals surface area (Å²) >= 11 is 0. The van der Waals surface area contributed by atoms with E-state index in [2.05, 4.69) is 11.8 Å². The molecular weight excluding hydrogens is 698 g/mol. The lowest BCUT2D eigenvalue weighted by Crippen LogP contribution is -2.26. The number of amides is 1. The van der Waals surface area contributed by atoms with Gasteiger partial charge in [0.25, 0.3) is 5.91 Å². The molecule has 272 valence electrons. The molecule has 0 saturated heterocycles. The number of carbonyl (C=O) groups is 4. The molecule has 0 atom stereocenters. The predicted octanol–water partition coefficient (Wildman–Crippen LogP) is 8.04. The Bertz CT molecular complexity index is 2360. The summed E-state index contributed by atoms with van der Waals surface area (Å²) in [6, 6.07) is 39.5. The molecule has 10 nitrogen and oxygen atoms in total. The minimum absolute atomic E-state index is 0.240. The van der Waals surface area contributed by atoms with Gasteiger partial charge in [-0.3, -0.25) is 4.79 Å². The third kappa shape index (κ3) is 9.62. The van der Waals surface area contributed by atoms with Gasteiger partial charge in [0.2, 0.25) is 0 Å². The Morgan fingerprint density at radius 3 is 1.04 bits per heavy atom. The van der Waals surface area contributed by atoms with Crippen molar-refractivity contribution >= 4 is 29.5 Å². The van der Waals surface area contributed by atoms with Crippen molar-refractivity contribution in [1.82, 2.24) is 0 Å². The molecule has 0 fully saturated rings. The summed E-state index contributed by atoms with van der Waals surface area (Å²) in [5.41, 5.74) is 3.55. The molecule has 55 heavy (non-hydrogen) atoms. The van der Waals surface area contributed by atoms with Crippen LogP contribution in [0, 0.1) is 11.8 Å². The average molecular weight is 732 g/mol. The lowest BCUT2D eigenvalue weighted by molar-refractivity contribution is 0.0723. The second-order valence-electron chi connectivity index (χ2n) is 11.9. The van der Waals surface area contributed by atoms with E-state index in [1.807, 2.05) is 12.1 Å². The van der Waals surface area contributed by atoms with Crippen LogP contribution < -0.4 is 28.6 Å². The van der Waals surface area contributed by atoms with Crippen molar-refractivity contribution < 1.29 is 42.9 Å². The third-order valence-electron chi connectivity index (χ3n) is 8.24. The first-order valence-corrected chi connectivity index (χ1v) is 16.8. The maximum atomic E-state index is 13.2. The summed E-state index contributed by atoms with van der Waals surface area (Å²) in [6.45, 7) is 0. The van der Waals surface area contributed by atoms with Crippen LogP contribution in [0.1, 0.15) is 52.6 Å². The van der Waals surface area contributed by atoms with Crippen molar-refractivity contribution in [3.05, 3.63) is 179 Å². The van der Waals surface area contributed by atoms with Crippen LogP contribution in [0.3, 0.4) is 0 Å². The number of rotatable bonds is 10. The van der Waals surface area contributed by atoms with Gasteiger partial charge in [0.05, 0.1) is 30.9 Å². The normalized spacial score (nSPS) is 10.2. The summed E-state index contributed by atoms with van der Waals surface area (Å²) in [7, 11) is 4.76. The van der Waals surface area contributed by atoms with Crippen LogP contribution in [0.5, 0.6) is 28.7 Å². The molecule has 6 aromatic rings. The first-order chi connectivity index (χ1) is 26.7. The van der Waals surface area contributed by atoms with E-state index in [0.29, 0.717) is 50.9 Å². The van der Waals surface area contributed by atoms with Gasteiger partial charge < -0.3 is 28.6 Å². The zero-order chi connectivity index (χ0) is 38.7. The summed E-state index contributed by atoms with van der Waals surface area (Å²) in [5, 5.41) is 0. The van der Waals surface area contributed by atoms with Gasteiger partial charge in [0.1, 0.15) is 28.7 Å². The lowest BCUT2D eigenvalue weighted by atomic mass is 10.1. The molecule has 0 radical (unpaired) electrons. The molecule has 0 aliphatic rings. The third-order valence-corrected chi connectivity index (χ3v) is 8.24. The maximum absolute atomic E-state index is 13.2. The van der Waals surface area contributed by atoms with Crippen LogP contribution in [0.15, 0.2) is 146 Å². The molecule has 0 heterocycles. The Hall–Kier alpha value is -7.64. The van der Waals surface area contributed by atoms with Crippen LogP contribution in [-0.2, 0) is 0 Å². The van der Waals surface area contributed by atoms with Gasteiger partial charge in [0, 0.05) is 29.4 Å². The second kappa shape index (κ2) is 17.3. The van der Waals surface area contributed by atoms with E-state index in [1.54, 1.807) is 130 Å². The number of benzene rings is 6. The first kappa shape index (κ1) is 37.1. The Morgan fingerprint density at radius 2 is 0.691 bits per heavy atom. The number of hydrogen-bond donors (Lipinski definition) is 0. The van der Waals surface area contributed by atoms with Crippen molar-refractivity contribution in [2.75, 3.05) is 26.2 Å². The Kier molecular flexibility index (Phi) is 11.6. The highest BCUT2D eigenvalue weighted by atomic mass is 16.5. The number of carbonyl (C=O) groups excluding carboxylic acids is 4. The van der Waals surface area contributed by atoms with Gasteiger partial charge in [-0.2, -0.15) is 0 Å². The molecule has 0 spiro atoms. The van der Waals surface area contributed by atoms with Crippen molar-refractivity contribution in [1.29, 1.82) is 0 Å². The van der Waals surface area contributed by atoms with Crippen LogP contribution in [0.25, 0.3) is 0 Å². The summed E-state index contributed by atoms with van der Waals surface area (Å²) < 4.78 is 26.5. The highest BCUT2D eigenvalue weighted by Crippen LogP contribution is 2.22. The topological polar surface area (TPSA) is 118 Å². The number of anilines is 1. The van der Waals surface area contributed by atoms with Crippen molar-refractivity contribution in [3.8, 4) is 40.6 Å².